The number of hydrogen-bond donors (Lipinski definition) is 2. The van der Waals surface area contributed by atoms with Crippen LogP contribution in [0.3, 0.4) is 0 Å². The van der Waals surface area contributed by atoms with Crippen molar-refractivity contribution < 1.29 is 23.7 Å². The second-order valence-corrected chi connectivity index (χ2v) is 10.5. The number of aromatic nitrogens is 2. The van der Waals surface area contributed by atoms with Gasteiger partial charge < -0.3 is 29.6 Å². The lowest BCUT2D eigenvalue weighted by molar-refractivity contribution is -0.0317. The number of nitrogens with zero attached hydrogens (tertiary/aromatic N) is 3. The highest BCUT2D eigenvalue weighted by atomic mass is 16.6. The smallest absolute Gasteiger partial charge is 0.410 e. The predicted molar refractivity (Wildman–Crippen MR) is 147 cm³/mol. The van der Waals surface area contributed by atoms with Gasteiger partial charge in [0.2, 0.25) is 0 Å². The minimum atomic E-state index is -0.525. The Labute approximate surface area is 228 Å². The summed E-state index contributed by atoms with van der Waals surface area (Å²) in [6.45, 7) is 9.51. The molecule has 2 aromatic carbocycles. The average Bonchev–Trinajstić information content (AvgIpc) is 2.93. The van der Waals surface area contributed by atoms with Crippen LogP contribution in [0.25, 0.3) is 11.3 Å². The van der Waals surface area contributed by atoms with Gasteiger partial charge in [-0.2, -0.15) is 0 Å². The first-order valence-corrected chi connectivity index (χ1v) is 13.2. The lowest BCUT2D eigenvalue weighted by Crippen LogP contribution is -2.54. The van der Waals surface area contributed by atoms with Crippen LogP contribution in [-0.4, -0.2) is 72.4 Å². The Morgan fingerprint density at radius 2 is 1.85 bits per heavy atom. The van der Waals surface area contributed by atoms with E-state index in [4.69, 9.17) is 18.9 Å². The minimum Gasteiger partial charge on any atom is -0.486 e. The van der Waals surface area contributed by atoms with Gasteiger partial charge in [0, 0.05) is 30.9 Å². The molecule has 10 nitrogen and oxygen atoms in total. The molecular weight excluding hydrogens is 498 g/mol. The van der Waals surface area contributed by atoms with E-state index in [0.717, 1.165) is 28.3 Å². The van der Waals surface area contributed by atoms with E-state index in [-0.39, 0.29) is 12.1 Å². The fourth-order valence-electron chi connectivity index (χ4n) is 4.44. The Morgan fingerprint density at radius 1 is 1.03 bits per heavy atom. The molecule has 1 fully saturated rings. The largest absolute Gasteiger partial charge is 0.486 e. The van der Waals surface area contributed by atoms with Crippen LogP contribution in [0.4, 0.5) is 16.3 Å². The van der Waals surface area contributed by atoms with Crippen molar-refractivity contribution in [1.29, 1.82) is 0 Å². The molecule has 1 unspecified atom stereocenters. The first-order chi connectivity index (χ1) is 18.9. The molecule has 0 aliphatic carbocycles. The molecule has 1 atom stereocenters. The highest BCUT2D eigenvalue weighted by Crippen LogP contribution is 2.39. The van der Waals surface area contributed by atoms with Crippen molar-refractivity contribution in [3.63, 3.8) is 0 Å². The van der Waals surface area contributed by atoms with Crippen LogP contribution in [0.1, 0.15) is 26.3 Å². The van der Waals surface area contributed by atoms with Crippen molar-refractivity contribution in [1.82, 2.24) is 20.4 Å². The van der Waals surface area contributed by atoms with Gasteiger partial charge in [-0.25, -0.2) is 4.79 Å². The number of benzene rings is 2. The van der Waals surface area contributed by atoms with Crippen LogP contribution < -0.4 is 20.1 Å². The summed E-state index contributed by atoms with van der Waals surface area (Å²) in [7, 11) is 0. The van der Waals surface area contributed by atoms with Gasteiger partial charge in [-0.1, -0.05) is 18.2 Å². The van der Waals surface area contributed by atoms with E-state index in [2.05, 4.69) is 20.8 Å². The number of nitrogens with one attached hydrogen (secondary N) is 2. The number of carbonyl (C=O) groups excluding carboxylic acids is 1. The molecule has 206 valence electrons. The van der Waals surface area contributed by atoms with E-state index in [1.54, 1.807) is 4.90 Å². The van der Waals surface area contributed by atoms with Gasteiger partial charge in [0.1, 0.15) is 18.8 Å². The molecule has 1 amide bonds. The predicted octanol–water partition coefficient (Wildman–Crippen LogP) is 4.38. The number of fused-ring (bicyclic) bond motifs is 1. The van der Waals surface area contributed by atoms with Crippen molar-refractivity contribution >= 4 is 17.6 Å². The van der Waals surface area contributed by atoms with Crippen molar-refractivity contribution in [2.75, 3.05) is 44.8 Å². The quantitative estimate of drug-likeness (QED) is 0.457. The minimum absolute atomic E-state index is 0.0726. The van der Waals surface area contributed by atoms with Crippen molar-refractivity contribution in [3.8, 4) is 22.8 Å². The first-order valence-electron chi connectivity index (χ1n) is 13.2. The first kappa shape index (κ1) is 26.7. The molecule has 0 radical (unpaired) electrons. The third-order valence-electron chi connectivity index (χ3n) is 6.30. The number of morpholine rings is 1. The summed E-state index contributed by atoms with van der Waals surface area (Å²) in [6.07, 6.45) is -0.297. The molecule has 3 heterocycles. The van der Waals surface area contributed by atoms with Gasteiger partial charge in [0.15, 0.2) is 17.3 Å². The third kappa shape index (κ3) is 6.96. The van der Waals surface area contributed by atoms with Crippen LogP contribution >= 0.6 is 0 Å². The third-order valence-corrected chi connectivity index (χ3v) is 6.30. The summed E-state index contributed by atoms with van der Waals surface area (Å²) >= 11 is 0. The molecule has 2 aliphatic rings. The number of rotatable bonds is 7. The topological polar surface area (TPSA) is 107 Å². The summed E-state index contributed by atoms with van der Waals surface area (Å²) in [5, 5.41) is 15.5. The van der Waals surface area contributed by atoms with E-state index < -0.39 is 5.60 Å². The molecule has 1 saturated heterocycles. The SMILES string of the molecule is CC(C)(C)OC(=O)N1CCOCC1CNCc1ccc(Nc2ccc(-c3cccc4c3OCCO4)nn2)cc1. The molecule has 1 aromatic heterocycles. The Hall–Kier alpha value is -3.89. The van der Waals surface area contributed by atoms with Gasteiger partial charge in [-0.05, 0) is 62.7 Å². The highest BCUT2D eigenvalue weighted by molar-refractivity contribution is 5.72. The highest BCUT2D eigenvalue weighted by Gasteiger charge is 2.30. The number of carbonyl (C=O) groups is 1. The monoisotopic (exact) mass is 533 g/mol. The van der Waals surface area contributed by atoms with Gasteiger partial charge >= 0.3 is 6.09 Å². The molecule has 10 heteroatoms. The molecule has 3 aromatic rings. The van der Waals surface area contributed by atoms with E-state index in [1.807, 2.05) is 75.4 Å². The average molecular weight is 534 g/mol. The second kappa shape index (κ2) is 11.9. The summed E-state index contributed by atoms with van der Waals surface area (Å²) in [4.78, 5) is 14.3. The molecule has 0 saturated carbocycles. The summed E-state index contributed by atoms with van der Waals surface area (Å²) in [5.41, 5.74) is 3.09. The normalized spacial score (nSPS) is 17.0. The Kier molecular flexibility index (Phi) is 8.13. The van der Waals surface area contributed by atoms with Crippen LogP contribution in [0.5, 0.6) is 11.5 Å². The fraction of sp³-hybridized carbons (Fsp3) is 0.414. The van der Waals surface area contributed by atoms with Gasteiger partial charge in [0.05, 0.1) is 24.9 Å². The lowest BCUT2D eigenvalue weighted by Gasteiger charge is -2.36. The van der Waals surface area contributed by atoms with Crippen molar-refractivity contribution in [2.45, 2.75) is 39.0 Å². The summed E-state index contributed by atoms with van der Waals surface area (Å²) in [5.74, 6) is 2.08. The molecule has 2 N–H and O–H groups in total. The van der Waals surface area contributed by atoms with Crippen LogP contribution in [-0.2, 0) is 16.0 Å². The standard InChI is InChI=1S/C29H35N5O5/c1-29(2,3)39-28(35)34-13-14-36-19-22(34)18-30-17-20-7-9-21(10-8-20)31-26-12-11-24(32-33-26)23-5-4-6-25-27(23)38-16-15-37-25/h4-12,22,30H,13-19H2,1-3H3,(H,31,33). The zero-order chi connectivity index (χ0) is 27.2. The molecule has 0 spiro atoms. The maximum atomic E-state index is 12.6. The zero-order valence-electron chi connectivity index (χ0n) is 22.6. The summed E-state index contributed by atoms with van der Waals surface area (Å²) < 4.78 is 22.6. The number of hydrogen-bond acceptors (Lipinski definition) is 9. The Morgan fingerprint density at radius 3 is 2.62 bits per heavy atom. The number of ether oxygens (including phenoxy) is 4. The second-order valence-electron chi connectivity index (χ2n) is 10.5. The fourth-order valence-corrected chi connectivity index (χ4v) is 4.44. The number of amides is 1. The molecular formula is C29H35N5O5. The van der Waals surface area contributed by atoms with Crippen molar-refractivity contribution in [2.24, 2.45) is 0 Å². The van der Waals surface area contributed by atoms with E-state index in [9.17, 15) is 4.79 Å². The van der Waals surface area contributed by atoms with E-state index in [1.165, 1.54) is 0 Å². The van der Waals surface area contributed by atoms with E-state index in [0.29, 0.717) is 57.6 Å². The van der Waals surface area contributed by atoms with Gasteiger partial charge in [0.25, 0.3) is 0 Å². The van der Waals surface area contributed by atoms with Crippen LogP contribution in [0.2, 0.25) is 0 Å². The van der Waals surface area contributed by atoms with E-state index >= 15 is 0 Å². The molecule has 39 heavy (non-hydrogen) atoms. The molecule has 2 aliphatic heterocycles. The lowest BCUT2D eigenvalue weighted by atomic mass is 10.1. The van der Waals surface area contributed by atoms with Crippen LogP contribution in [0, 0.1) is 0 Å². The van der Waals surface area contributed by atoms with Gasteiger partial charge in [-0.15, -0.1) is 10.2 Å². The zero-order valence-corrected chi connectivity index (χ0v) is 22.6. The Balaban J connectivity index is 1.13. The molecule has 5 rings (SSSR count). The maximum absolute atomic E-state index is 12.6. The van der Waals surface area contributed by atoms with Crippen LogP contribution in [0.15, 0.2) is 54.6 Å². The van der Waals surface area contributed by atoms with Crippen molar-refractivity contribution in [3.05, 3.63) is 60.2 Å². The molecule has 0 bridgehead atoms. The summed E-state index contributed by atoms with van der Waals surface area (Å²) in [6, 6.07) is 17.6. The number of anilines is 2. The number of para-hydroxylation sites is 1. The Bertz CT molecular complexity index is 1260. The maximum Gasteiger partial charge on any atom is 0.410 e. The van der Waals surface area contributed by atoms with Gasteiger partial charge in [-0.3, -0.25) is 4.90 Å².